The zero-order valence-electron chi connectivity index (χ0n) is 26.5. The van der Waals surface area contributed by atoms with Gasteiger partial charge in [0.25, 0.3) is 0 Å². The molecule has 5 rings (SSSR count). The molecule has 13 nitrogen and oxygen atoms in total. The molecule has 2 heterocycles. The van der Waals surface area contributed by atoms with E-state index in [4.69, 9.17) is 9.47 Å². The molecule has 0 aliphatic carbocycles. The van der Waals surface area contributed by atoms with Crippen LogP contribution < -0.4 is 14.4 Å². The van der Waals surface area contributed by atoms with E-state index in [1.165, 1.54) is 36.4 Å². The van der Waals surface area contributed by atoms with Crippen LogP contribution in [0.15, 0.2) is 72.8 Å². The van der Waals surface area contributed by atoms with E-state index in [2.05, 4.69) is 4.72 Å². The Bertz CT molecular complexity index is 1710. The molecule has 0 spiro atoms. The molecule has 15 heteroatoms. The number of halogens is 1. The maximum Gasteiger partial charge on any atom is 0.335 e. The van der Waals surface area contributed by atoms with Gasteiger partial charge in [0, 0.05) is 12.2 Å². The van der Waals surface area contributed by atoms with Crippen molar-refractivity contribution in [3.8, 4) is 5.75 Å². The number of β-lactam (4-membered cyclic amide) rings is 1. The number of aliphatic hydroxyl groups excluding tert-OH is 4. The van der Waals surface area contributed by atoms with Crippen molar-refractivity contribution in [2.24, 2.45) is 5.92 Å². The summed E-state index contributed by atoms with van der Waals surface area (Å²) in [5.41, 5.74) is 2.84. The molecule has 264 valence electrons. The highest BCUT2D eigenvalue weighted by Crippen LogP contribution is 2.46. The first-order chi connectivity index (χ1) is 23.2. The number of benzene rings is 3. The molecule has 0 radical (unpaired) electrons. The number of sulfonamides is 1. The van der Waals surface area contributed by atoms with Crippen LogP contribution in [0.2, 0.25) is 0 Å². The number of aliphatic carboxylic acids is 1. The van der Waals surface area contributed by atoms with Crippen LogP contribution in [0.5, 0.6) is 5.75 Å². The van der Waals surface area contributed by atoms with Crippen LogP contribution in [0, 0.1) is 11.7 Å². The van der Waals surface area contributed by atoms with Crippen molar-refractivity contribution >= 4 is 27.6 Å². The molecule has 0 bridgehead atoms. The molecule has 2 aliphatic heterocycles. The van der Waals surface area contributed by atoms with Crippen LogP contribution in [0.3, 0.4) is 0 Å². The van der Waals surface area contributed by atoms with E-state index in [0.717, 1.165) is 11.8 Å². The highest BCUT2D eigenvalue weighted by atomic mass is 32.2. The first kappa shape index (κ1) is 36.3. The zero-order chi connectivity index (χ0) is 35.5. The number of hydrogen-bond acceptors (Lipinski definition) is 10. The number of carbonyl (C=O) groups excluding carboxylic acids is 1. The summed E-state index contributed by atoms with van der Waals surface area (Å²) in [6.07, 6.45) is -6.88. The maximum absolute atomic E-state index is 13.6. The van der Waals surface area contributed by atoms with Gasteiger partial charge in [-0.1, -0.05) is 36.4 Å². The van der Waals surface area contributed by atoms with Crippen molar-refractivity contribution in [1.82, 2.24) is 4.72 Å². The third-order valence-electron chi connectivity index (χ3n) is 8.73. The maximum atomic E-state index is 13.6. The van der Waals surface area contributed by atoms with Crippen LogP contribution in [0.25, 0.3) is 0 Å². The van der Waals surface area contributed by atoms with E-state index >= 15 is 0 Å². The standard InChI is InChI=1S/C34H39FN2O11S/c1-49(45,46)36-18-2-3-19-4-12-23(13-5-19)37-27(25(32(37)42)16-17-26(38)20-6-10-22(35)11-7-20)21-8-14-24(15-9-21)47-34-30(41)28(39)29(40)31(48-34)33(43)44/h4-15,25-31,34,36,38-41H,2-3,16-18H2,1H3,(H,43,44)/t25-,26+,27-,28+,29+,30-,31+,34-/m1/s1. The van der Waals surface area contributed by atoms with Crippen molar-refractivity contribution in [3.63, 3.8) is 0 Å². The summed E-state index contributed by atoms with van der Waals surface area (Å²) in [6.45, 7) is 0.299. The average Bonchev–Trinajstić information content (AvgIpc) is 3.06. The molecule has 0 saturated carbocycles. The van der Waals surface area contributed by atoms with Crippen molar-refractivity contribution < 1.29 is 57.4 Å². The summed E-state index contributed by atoms with van der Waals surface area (Å²) in [6, 6.07) is 18.9. The Morgan fingerprint density at radius 3 is 2.24 bits per heavy atom. The molecule has 49 heavy (non-hydrogen) atoms. The Kier molecular flexibility index (Phi) is 11.3. The van der Waals surface area contributed by atoms with Gasteiger partial charge in [-0.2, -0.15) is 0 Å². The van der Waals surface area contributed by atoms with Gasteiger partial charge in [0.2, 0.25) is 22.2 Å². The van der Waals surface area contributed by atoms with Gasteiger partial charge in [-0.3, -0.25) is 4.79 Å². The minimum absolute atomic E-state index is 0.160. The number of nitrogens with zero attached hydrogens (tertiary/aromatic N) is 1. The van der Waals surface area contributed by atoms with Gasteiger partial charge in [0.1, 0.15) is 29.9 Å². The van der Waals surface area contributed by atoms with Crippen molar-refractivity contribution in [3.05, 3.63) is 95.3 Å². The van der Waals surface area contributed by atoms with E-state index in [1.807, 2.05) is 24.3 Å². The molecule has 1 amide bonds. The smallest absolute Gasteiger partial charge is 0.335 e. The molecular formula is C34H39FN2O11S. The van der Waals surface area contributed by atoms with Crippen molar-refractivity contribution in [2.45, 2.75) is 68.5 Å². The quantitative estimate of drug-likeness (QED) is 0.106. The molecule has 6 N–H and O–H groups in total. The minimum Gasteiger partial charge on any atom is -0.479 e. The summed E-state index contributed by atoms with van der Waals surface area (Å²) in [7, 11) is -3.28. The highest BCUT2D eigenvalue weighted by molar-refractivity contribution is 7.88. The number of carboxylic acids is 1. The van der Waals surface area contributed by atoms with Crippen molar-refractivity contribution in [2.75, 3.05) is 17.7 Å². The summed E-state index contributed by atoms with van der Waals surface area (Å²) >= 11 is 0. The van der Waals surface area contributed by atoms with Gasteiger partial charge < -0.3 is 39.9 Å². The predicted octanol–water partition coefficient (Wildman–Crippen LogP) is 1.80. The number of carbonyl (C=O) groups is 2. The van der Waals surface area contributed by atoms with Crippen LogP contribution in [0.1, 0.15) is 48.1 Å². The lowest BCUT2D eigenvalue weighted by Gasteiger charge is -2.48. The lowest BCUT2D eigenvalue weighted by molar-refractivity contribution is -0.271. The summed E-state index contributed by atoms with van der Waals surface area (Å²) in [5, 5.41) is 50.5. The summed E-state index contributed by atoms with van der Waals surface area (Å²) in [4.78, 5) is 26.7. The fourth-order valence-corrected chi connectivity index (χ4v) is 6.60. The molecule has 2 saturated heterocycles. The first-order valence-electron chi connectivity index (χ1n) is 15.7. The van der Waals surface area contributed by atoms with Gasteiger partial charge in [-0.25, -0.2) is 22.3 Å². The lowest BCUT2D eigenvalue weighted by Crippen LogP contribution is -2.61. The monoisotopic (exact) mass is 702 g/mol. The van der Waals surface area contributed by atoms with Crippen molar-refractivity contribution in [1.29, 1.82) is 0 Å². The largest absolute Gasteiger partial charge is 0.479 e. The molecule has 8 atom stereocenters. The second kappa shape index (κ2) is 15.3. The van der Waals surface area contributed by atoms with E-state index in [0.29, 0.717) is 42.6 Å². The first-order valence-corrected chi connectivity index (χ1v) is 17.6. The third kappa shape index (κ3) is 8.62. The fourth-order valence-electron chi connectivity index (χ4n) is 6.09. The second-order valence-electron chi connectivity index (χ2n) is 12.3. The van der Waals surface area contributed by atoms with Gasteiger partial charge in [-0.15, -0.1) is 0 Å². The van der Waals surface area contributed by atoms with Gasteiger partial charge in [-0.05, 0) is 78.8 Å². The Morgan fingerprint density at radius 2 is 1.63 bits per heavy atom. The van der Waals surface area contributed by atoms with Crippen LogP contribution >= 0.6 is 0 Å². The third-order valence-corrected chi connectivity index (χ3v) is 9.46. The number of ether oxygens (including phenoxy) is 2. The molecule has 3 aromatic rings. The summed E-state index contributed by atoms with van der Waals surface area (Å²) < 4.78 is 49.3. The van der Waals surface area contributed by atoms with Crippen LogP contribution in [-0.4, -0.2) is 89.3 Å². The number of aryl methyl sites for hydroxylation is 1. The Morgan fingerprint density at radius 1 is 0.980 bits per heavy atom. The average molecular weight is 703 g/mol. The molecule has 2 aliphatic rings. The number of carboxylic acid groups (broad SMARTS) is 1. The van der Waals surface area contributed by atoms with E-state index in [-0.39, 0.29) is 18.1 Å². The second-order valence-corrected chi connectivity index (χ2v) is 14.1. The van der Waals surface area contributed by atoms with Gasteiger partial charge in [0.15, 0.2) is 6.10 Å². The van der Waals surface area contributed by atoms with Gasteiger partial charge in [0.05, 0.1) is 24.3 Å². The Labute approximate surface area is 282 Å². The zero-order valence-corrected chi connectivity index (χ0v) is 27.3. The highest BCUT2D eigenvalue weighted by Gasteiger charge is 2.49. The molecule has 2 fully saturated rings. The molecular weight excluding hydrogens is 663 g/mol. The number of nitrogens with one attached hydrogen (secondary N) is 1. The number of aliphatic hydroxyl groups is 4. The summed E-state index contributed by atoms with van der Waals surface area (Å²) in [5.74, 6) is -2.47. The number of amides is 1. The normalized spacial score (nSPS) is 26.2. The van der Waals surface area contributed by atoms with E-state index < -0.39 is 70.6 Å². The number of rotatable bonds is 14. The van der Waals surface area contributed by atoms with Crippen LogP contribution in [0.4, 0.5) is 10.1 Å². The predicted molar refractivity (Wildman–Crippen MR) is 173 cm³/mol. The van der Waals surface area contributed by atoms with Gasteiger partial charge >= 0.3 is 5.97 Å². The number of hydrogen-bond donors (Lipinski definition) is 6. The lowest BCUT2D eigenvalue weighted by atomic mass is 9.78. The fraction of sp³-hybridized carbons (Fsp3) is 0.412. The van der Waals surface area contributed by atoms with E-state index in [1.54, 1.807) is 17.0 Å². The number of anilines is 1. The SMILES string of the molecule is CS(=O)(=O)NCCCc1ccc(N2C(=O)[C@H](CC[C@H](O)c3ccc(F)cc3)[C@H]2c2ccc(O[C@@H]3O[C@H](C(=O)O)[C@@H](O)[C@H](O)[C@H]3O)cc2)cc1. The topological polar surface area (TPSA) is 203 Å². The molecule has 3 aromatic carbocycles. The van der Waals surface area contributed by atoms with E-state index in [9.17, 15) is 47.9 Å². The minimum atomic E-state index is -3.28. The Balaban J connectivity index is 1.32. The molecule has 0 unspecified atom stereocenters. The van der Waals surface area contributed by atoms with Crippen LogP contribution in [-0.2, 0) is 30.8 Å². The Hall–Kier alpha value is -3.96. The molecule has 0 aromatic heterocycles.